The molecular formula is C14H15NO2. The van der Waals surface area contributed by atoms with Crippen LogP contribution in [0.4, 0.5) is 5.69 Å². The van der Waals surface area contributed by atoms with E-state index in [1.165, 1.54) is 0 Å². The summed E-state index contributed by atoms with van der Waals surface area (Å²) in [6, 6.07) is 11.4. The number of hydrogen-bond acceptors (Lipinski definition) is 2. The minimum absolute atomic E-state index is 0.497. The number of nitrogens with two attached hydrogens (primary N) is 1. The molecule has 2 aromatic carbocycles. The van der Waals surface area contributed by atoms with Gasteiger partial charge in [-0.05, 0) is 34.9 Å². The Hall–Kier alpha value is -2.03. The number of hydrogen-bond donors (Lipinski definition) is 2. The first-order valence-electron chi connectivity index (χ1n) is 5.64. The summed E-state index contributed by atoms with van der Waals surface area (Å²) in [5.41, 5.74) is 7.24. The topological polar surface area (TPSA) is 63.3 Å². The van der Waals surface area contributed by atoms with Crippen molar-refractivity contribution in [1.82, 2.24) is 0 Å². The average molecular weight is 229 g/mol. The lowest BCUT2D eigenvalue weighted by atomic mass is 9.91. The first-order chi connectivity index (χ1) is 8.13. The Morgan fingerprint density at radius 2 is 2.06 bits per heavy atom. The predicted octanol–water partition coefficient (Wildman–Crippen LogP) is 3.00. The third-order valence-corrected chi connectivity index (χ3v) is 3.00. The summed E-state index contributed by atoms with van der Waals surface area (Å²) >= 11 is 0. The van der Waals surface area contributed by atoms with Crippen molar-refractivity contribution in [2.45, 2.75) is 19.3 Å². The largest absolute Gasteiger partial charge is 0.481 e. The second-order valence-electron chi connectivity index (χ2n) is 4.13. The number of aliphatic carboxylic acids is 1. The lowest BCUT2D eigenvalue weighted by Gasteiger charge is -2.14. The Bertz CT molecular complexity index is 563. The molecule has 0 bridgehead atoms. The Balaban J connectivity index is 2.70. The molecule has 2 aromatic rings. The zero-order chi connectivity index (χ0) is 12.4. The Morgan fingerprint density at radius 3 is 2.71 bits per heavy atom. The molecule has 0 saturated carbocycles. The van der Waals surface area contributed by atoms with E-state index in [1.807, 2.05) is 37.3 Å². The summed E-state index contributed by atoms with van der Waals surface area (Å²) in [6.45, 7) is 1.87. The van der Waals surface area contributed by atoms with Gasteiger partial charge < -0.3 is 10.8 Å². The number of rotatable bonds is 3. The molecule has 1 atom stereocenters. The van der Waals surface area contributed by atoms with Crippen LogP contribution in [-0.4, -0.2) is 11.1 Å². The van der Waals surface area contributed by atoms with Crippen LogP contribution in [0.15, 0.2) is 36.4 Å². The zero-order valence-electron chi connectivity index (χ0n) is 9.68. The molecule has 17 heavy (non-hydrogen) atoms. The van der Waals surface area contributed by atoms with Crippen LogP contribution in [0, 0.1) is 0 Å². The van der Waals surface area contributed by atoms with E-state index >= 15 is 0 Å². The van der Waals surface area contributed by atoms with Crippen LogP contribution in [0.25, 0.3) is 10.8 Å². The molecule has 0 aliphatic heterocycles. The van der Waals surface area contributed by atoms with Gasteiger partial charge in [0.1, 0.15) is 0 Å². The van der Waals surface area contributed by atoms with Crippen molar-refractivity contribution >= 4 is 22.4 Å². The number of carbonyl (C=O) groups is 1. The van der Waals surface area contributed by atoms with E-state index in [2.05, 4.69) is 0 Å². The van der Waals surface area contributed by atoms with Crippen LogP contribution >= 0.6 is 0 Å². The lowest BCUT2D eigenvalue weighted by molar-refractivity contribution is -0.138. The Labute approximate surface area is 99.9 Å². The van der Waals surface area contributed by atoms with Gasteiger partial charge in [-0.15, -0.1) is 0 Å². The number of fused-ring (bicyclic) bond motifs is 1. The third-order valence-electron chi connectivity index (χ3n) is 3.00. The molecule has 0 saturated heterocycles. The summed E-state index contributed by atoms with van der Waals surface area (Å²) in [5, 5.41) is 11.2. The van der Waals surface area contributed by atoms with Gasteiger partial charge in [-0.2, -0.15) is 0 Å². The van der Waals surface area contributed by atoms with E-state index < -0.39 is 11.9 Å². The van der Waals surface area contributed by atoms with Crippen LogP contribution in [-0.2, 0) is 4.79 Å². The molecule has 0 aliphatic rings. The van der Waals surface area contributed by atoms with Gasteiger partial charge in [-0.25, -0.2) is 0 Å². The van der Waals surface area contributed by atoms with E-state index in [1.54, 1.807) is 6.07 Å². The standard InChI is InChI=1S/C14H15NO2/c1-2-11(14(16)17)13-8-10(15)7-9-5-3-4-6-12(9)13/h3-8,11H,2,15H2,1H3,(H,16,17). The smallest absolute Gasteiger partial charge is 0.310 e. The van der Waals surface area contributed by atoms with E-state index in [0.29, 0.717) is 12.1 Å². The van der Waals surface area contributed by atoms with Crippen molar-refractivity contribution in [1.29, 1.82) is 0 Å². The minimum Gasteiger partial charge on any atom is -0.481 e. The highest BCUT2D eigenvalue weighted by Crippen LogP contribution is 2.30. The quantitative estimate of drug-likeness (QED) is 0.795. The predicted molar refractivity (Wildman–Crippen MR) is 69.0 cm³/mol. The second-order valence-corrected chi connectivity index (χ2v) is 4.13. The fraction of sp³-hybridized carbons (Fsp3) is 0.214. The number of carboxylic acid groups (broad SMARTS) is 1. The first-order valence-corrected chi connectivity index (χ1v) is 5.64. The summed E-state index contributed by atoms with van der Waals surface area (Å²) in [5.74, 6) is -1.30. The van der Waals surface area contributed by atoms with E-state index in [0.717, 1.165) is 16.3 Å². The molecule has 0 heterocycles. The van der Waals surface area contributed by atoms with Crippen LogP contribution in [0.3, 0.4) is 0 Å². The molecule has 0 spiro atoms. The SMILES string of the molecule is CCC(C(=O)O)c1cc(N)cc2ccccc12. The summed E-state index contributed by atoms with van der Waals surface area (Å²) in [6.07, 6.45) is 0.558. The van der Waals surface area contributed by atoms with Gasteiger partial charge in [0.15, 0.2) is 0 Å². The van der Waals surface area contributed by atoms with Gasteiger partial charge in [0.25, 0.3) is 0 Å². The molecule has 2 rings (SSSR count). The molecule has 88 valence electrons. The molecule has 1 unspecified atom stereocenters. The normalized spacial score (nSPS) is 12.5. The van der Waals surface area contributed by atoms with Gasteiger partial charge in [0, 0.05) is 5.69 Å². The Morgan fingerprint density at radius 1 is 1.35 bits per heavy atom. The second kappa shape index (κ2) is 4.45. The summed E-state index contributed by atoms with van der Waals surface area (Å²) in [7, 11) is 0. The molecule has 3 N–H and O–H groups in total. The van der Waals surface area contributed by atoms with Crippen LogP contribution in [0.5, 0.6) is 0 Å². The number of carboxylic acids is 1. The van der Waals surface area contributed by atoms with E-state index in [9.17, 15) is 9.90 Å². The summed E-state index contributed by atoms with van der Waals surface area (Å²) < 4.78 is 0. The van der Waals surface area contributed by atoms with E-state index in [-0.39, 0.29) is 0 Å². The van der Waals surface area contributed by atoms with Gasteiger partial charge in [0.05, 0.1) is 5.92 Å². The lowest BCUT2D eigenvalue weighted by Crippen LogP contribution is -2.11. The number of benzene rings is 2. The molecule has 0 amide bonds. The monoisotopic (exact) mass is 229 g/mol. The van der Waals surface area contributed by atoms with Gasteiger partial charge >= 0.3 is 5.97 Å². The van der Waals surface area contributed by atoms with Crippen molar-refractivity contribution in [3.63, 3.8) is 0 Å². The highest BCUT2D eigenvalue weighted by Gasteiger charge is 2.20. The van der Waals surface area contributed by atoms with Crippen LogP contribution < -0.4 is 5.73 Å². The maximum atomic E-state index is 11.2. The van der Waals surface area contributed by atoms with Crippen LogP contribution in [0.2, 0.25) is 0 Å². The molecule has 3 heteroatoms. The average Bonchev–Trinajstić information content (AvgIpc) is 2.29. The molecule has 3 nitrogen and oxygen atoms in total. The maximum Gasteiger partial charge on any atom is 0.310 e. The van der Waals surface area contributed by atoms with Crippen LogP contribution in [0.1, 0.15) is 24.8 Å². The highest BCUT2D eigenvalue weighted by molar-refractivity contribution is 5.92. The van der Waals surface area contributed by atoms with Crippen molar-refractivity contribution in [2.75, 3.05) is 5.73 Å². The van der Waals surface area contributed by atoms with E-state index in [4.69, 9.17) is 5.73 Å². The van der Waals surface area contributed by atoms with Crippen molar-refractivity contribution < 1.29 is 9.90 Å². The third kappa shape index (κ3) is 2.09. The fourth-order valence-electron chi connectivity index (χ4n) is 2.18. The molecular weight excluding hydrogens is 214 g/mol. The fourth-order valence-corrected chi connectivity index (χ4v) is 2.18. The molecule has 0 fully saturated rings. The maximum absolute atomic E-state index is 11.2. The highest BCUT2D eigenvalue weighted by atomic mass is 16.4. The summed E-state index contributed by atoms with van der Waals surface area (Å²) in [4.78, 5) is 11.2. The van der Waals surface area contributed by atoms with Crippen molar-refractivity contribution in [3.05, 3.63) is 42.0 Å². The van der Waals surface area contributed by atoms with Crippen molar-refractivity contribution in [3.8, 4) is 0 Å². The van der Waals surface area contributed by atoms with Gasteiger partial charge in [-0.3, -0.25) is 4.79 Å². The number of anilines is 1. The van der Waals surface area contributed by atoms with Gasteiger partial charge in [0.2, 0.25) is 0 Å². The molecule has 0 radical (unpaired) electrons. The first kappa shape index (κ1) is 11.5. The molecule has 0 aromatic heterocycles. The number of nitrogen functional groups attached to an aromatic ring is 1. The minimum atomic E-state index is -0.803. The van der Waals surface area contributed by atoms with Gasteiger partial charge in [-0.1, -0.05) is 31.2 Å². The van der Waals surface area contributed by atoms with Crippen molar-refractivity contribution in [2.24, 2.45) is 0 Å². The molecule has 0 aliphatic carbocycles. The Kier molecular flexibility index (Phi) is 3.00. The zero-order valence-corrected chi connectivity index (χ0v) is 9.68.